The second-order valence-corrected chi connectivity index (χ2v) is 5.61. The average molecular weight is 289 g/mol. The lowest BCUT2D eigenvalue weighted by atomic mass is 9.88. The summed E-state index contributed by atoms with van der Waals surface area (Å²) >= 11 is 0. The first-order valence-electron chi connectivity index (χ1n) is 7.54. The van der Waals surface area contributed by atoms with Crippen molar-refractivity contribution in [1.82, 2.24) is 4.90 Å². The molecule has 2 rings (SSSR count). The number of rotatable bonds is 4. The number of ether oxygens (including phenoxy) is 1. The van der Waals surface area contributed by atoms with Gasteiger partial charge in [0.25, 0.3) is 0 Å². The zero-order valence-corrected chi connectivity index (χ0v) is 12.9. The molecular weight excluding hydrogens is 266 g/mol. The van der Waals surface area contributed by atoms with E-state index in [9.17, 15) is 9.59 Å². The Kier molecular flexibility index (Phi) is 5.12. The van der Waals surface area contributed by atoms with Gasteiger partial charge in [0, 0.05) is 12.1 Å². The Labute approximate surface area is 126 Å². The van der Waals surface area contributed by atoms with Gasteiger partial charge in [-0.3, -0.25) is 14.5 Å². The van der Waals surface area contributed by atoms with Gasteiger partial charge in [-0.15, -0.1) is 0 Å². The number of hydrogen-bond acceptors (Lipinski definition) is 4. The predicted molar refractivity (Wildman–Crippen MR) is 80.8 cm³/mol. The molecule has 1 aliphatic rings. The summed E-state index contributed by atoms with van der Waals surface area (Å²) < 4.78 is 5.00. The first kappa shape index (κ1) is 15.7. The molecule has 1 heterocycles. The number of Topliss-reactive ketones (excluding diaryl/α,β-unsaturated/α-hetero) is 1. The van der Waals surface area contributed by atoms with E-state index in [4.69, 9.17) is 4.74 Å². The Morgan fingerprint density at radius 3 is 2.67 bits per heavy atom. The van der Waals surface area contributed by atoms with E-state index in [1.165, 1.54) is 5.56 Å². The zero-order valence-electron chi connectivity index (χ0n) is 12.9. The fraction of sp³-hybridized carbons (Fsp3) is 0.529. The molecule has 0 aromatic heterocycles. The van der Waals surface area contributed by atoms with Crippen LogP contribution in [0.2, 0.25) is 0 Å². The van der Waals surface area contributed by atoms with Gasteiger partial charge in [0.2, 0.25) is 0 Å². The normalized spacial score (nSPS) is 24.6. The fourth-order valence-corrected chi connectivity index (χ4v) is 2.97. The maximum Gasteiger partial charge on any atom is 0.316 e. The van der Waals surface area contributed by atoms with E-state index in [1.807, 2.05) is 18.2 Å². The summed E-state index contributed by atoms with van der Waals surface area (Å²) in [7, 11) is 0. The highest BCUT2D eigenvalue weighted by atomic mass is 16.5. The minimum Gasteiger partial charge on any atom is -0.465 e. The number of carbonyl (C=O) groups is 2. The Balaban J connectivity index is 2.08. The van der Waals surface area contributed by atoms with Crippen LogP contribution in [0.25, 0.3) is 0 Å². The lowest BCUT2D eigenvalue weighted by molar-refractivity contribution is -0.155. The lowest BCUT2D eigenvalue weighted by Gasteiger charge is -2.39. The summed E-state index contributed by atoms with van der Waals surface area (Å²) in [5, 5.41) is 0. The number of piperidine rings is 1. The van der Waals surface area contributed by atoms with E-state index in [2.05, 4.69) is 30.9 Å². The number of likely N-dealkylation sites (tertiary alicyclic amines) is 1. The second-order valence-electron chi connectivity index (χ2n) is 5.61. The van der Waals surface area contributed by atoms with Crippen LogP contribution >= 0.6 is 0 Å². The summed E-state index contributed by atoms with van der Waals surface area (Å²) in [6.45, 7) is 6.56. The van der Waals surface area contributed by atoms with Gasteiger partial charge in [-0.05, 0) is 32.8 Å². The van der Waals surface area contributed by atoms with Crippen LogP contribution in [0.4, 0.5) is 0 Å². The largest absolute Gasteiger partial charge is 0.465 e. The molecule has 1 aromatic carbocycles. The third-order valence-corrected chi connectivity index (χ3v) is 4.22. The van der Waals surface area contributed by atoms with Crippen LogP contribution in [-0.2, 0) is 14.3 Å². The van der Waals surface area contributed by atoms with E-state index >= 15 is 0 Å². The number of benzene rings is 1. The fourth-order valence-electron chi connectivity index (χ4n) is 2.97. The smallest absolute Gasteiger partial charge is 0.316 e. The number of esters is 1. The number of ketones is 1. The third kappa shape index (κ3) is 3.50. The van der Waals surface area contributed by atoms with E-state index in [-0.39, 0.29) is 23.8 Å². The number of hydrogen-bond donors (Lipinski definition) is 0. The first-order chi connectivity index (χ1) is 10.0. The molecule has 0 saturated carbocycles. The van der Waals surface area contributed by atoms with Crippen molar-refractivity contribution in [3.63, 3.8) is 0 Å². The topological polar surface area (TPSA) is 46.6 Å². The SMILES string of the molecule is CCOC(=O)C1C[C@H](C)N(C(C)c2ccccc2)CC1=O. The lowest BCUT2D eigenvalue weighted by Crippen LogP contribution is -2.49. The molecule has 0 bridgehead atoms. The summed E-state index contributed by atoms with van der Waals surface area (Å²) in [5.74, 6) is -1.00. The van der Waals surface area contributed by atoms with Crippen LogP contribution in [0.1, 0.15) is 38.8 Å². The van der Waals surface area contributed by atoms with Gasteiger partial charge >= 0.3 is 5.97 Å². The molecular formula is C17H23NO3. The van der Waals surface area contributed by atoms with Crippen molar-refractivity contribution >= 4 is 11.8 Å². The van der Waals surface area contributed by atoms with Crippen LogP contribution in [0.5, 0.6) is 0 Å². The molecule has 3 atom stereocenters. The van der Waals surface area contributed by atoms with Crippen molar-refractivity contribution in [2.24, 2.45) is 5.92 Å². The van der Waals surface area contributed by atoms with Gasteiger partial charge in [0.15, 0.2) is 5.78 Å². The van der Waals surface area contributed by atoms with Gasteiger partial charge in [0.05, 0.1) is 13.2 Å². The second kappa shape index (κ2) is 6.85. The van der Waals surface area contributed by atoms with Crippen LogP contribution in [-0.4, -0.2) is 35.8 Å². The molecule has 0 radical (unpaired) electrons. The highest BCUT2D eigenvalue weighted by molar-refractivity contribution is 6.00. The maximum absolute atomic E-state index is 12.3. The minimum absolute atomic E-state index is 0.0330. The van der Waals surface area contributed by atoms with Gasteiger partial charge in [0.1, 0.15) is 5.92 Å². The summed E-state index contributed by atoms with van der Waals surface area (Å²) in [6, 6.07) is 10.5. The van der Waals surface area contributed by atoms with Gasteiger partial charge in [-0.25, -0.2) is 0 Å². The Bertz CT molecular complexity index is 500. The minimum atomic E-state index is -0.598. The first-order valence-corrected chi connectivity index (χ1v) is 7.54. The third-order valence-electron chi connectivity index (χ3n) is 4.22. The van der Waals surface area contributed by atoms with E-state index in [0.717, 1.165) is 0 Å². The van der Waals surface area contributed by atoms with E-state index in [1.54, 1.807) is 6.92 Å². The van der Waals surface area contributed by atoms with E-state index in [0.29, 0.717) is 19.6 Å². The molecule has 1 fully saturated rings. The summed E-state index contributed by atoms with van der Waals surface area (Å²) in [5.41, 5.74) is 1.19. The van der Waals surface area contributed by atoms with Crippen LogP contribution in [0.3, 0.4) is 0 Å². The van der Waals surface area contributed by atoms with Crippen molar-refractivity contribution in [2.45, 2.75) is 39.3 Å². The highest BCUT2D eigenvalue weighted by Crippen LogP contribution is 2.29. The van der Waals surface area contributed by atoms with Gasteiger partial charge in [-0.1, -0.05) is 30.3 Å². The number of nitrogens with zero attached hydrogens (tertiary/aromatic N) is 1. The molecule has 1 saturated heterocycles. The molecule has 0 spiro atoms. The molecule has 4 nitrogen and oxygen atoms in total. The zero-order chi connectivity index (χ0) is 15.4. The quantitative estimate of drug-likeness (QED) is 0.631. The molecule has 114 valence electrons. The molecule has 0 aliphatic carbocycles. The van der Waals surface area contributed by atoms with Gasteiger partial charge < -0.3 is 4.74 Å². The standard InChI is InChI=1S/C17H23NO3/c1-4-21-17(20)15-10-12(2)18(11-16(15)19)13(3)14-8-6-5-7-9-14/h5-9,12-13,15H,4,10-11H2,1-3H3/t12-,13?,15?/m0/s1. The number of carbonyl (C=O) groups excluding carboxylic acids is 2. The van der Waals surface area contributed by atoms with Crippen molar-refractivity contribution < 1.29 is 14.3 Å². The molecule has 1 aromatic rings. The van der Waals surface area contributed by atoms with Crippen molar-refractivity contribution in [3.05, 3.63) is 35.9 Å². The maximum atomic E-state index is 12.3. The molecule has 1 aliphatic heterocycles. The van der Waals surface area contributed by atoms with Crippen molar-refractivity contribution in [2.75, 3.05) is 13.2 Å². The molecule has 21 heavy (non-hydrogen) atoms. The monoisotopic (exact) mass is 289 g/mol. The molecule has 4 heteroatoms. The average Bonchev–Trinajstić information content (AvgIpc) is 2.49. The summed E-state index contributed by atoms with van der Waals surface area (Å²) in [6.07, 6.45) is 0.537. The molecule has 0 amide bonds. The highest BCUT2D eigenvalue weighted by Gasteiger charge is 2.39. The molecule has 2 unspecified atom stereocenters. The van der Waals surface area contributed by atoms with Crippen molar-refractivity contribution in [3.8, 4) is 0 Å². The molecule has 0 N–H and O–H groups in total. The Hall–Kier alpha value is -1.68. The van der Waals surface area contributed by atoms with Gasteiger partial charge in [-0.2, -0.15) is 0 Å². The Morgan fingerprint density at radius 2 is 2.05 bits per heavy atom. The van der Waals surface area contributed by atoms with Crippen LogP contribution < -0.4 is 0 Å². The predicted octanol–water partition coefficient (Wildman–Crippen LogP) is 2.59. The summed E-state index contributed by atoms with van der Waals surface area (Å²) in [4.78, 5) is 26.3. The van der Waals surface area contributed by atoms with Crippen LogP contribution in [0, 0.1) is 5.92 Å². The Morgan fingerprint density at radius 1 is 1.38 bits per heavy atom. The van der Waals surface area contributed by atoms with Crippen molar-refractivity contribution in [1.29, 1.82) is 0 Å². The van der Waals surface area contributed by atoms with Crippen LogP contribution in [0.15, 0.2) is 30.3 Å². The van der Waals surface area contributed by atoms with E-state index < -0.39 is 5.92 Å².